The van der Waals surface area contributed by atoms with Gasteiger partial charge in [0.1, 0.15) is 5.25 Å². The molecule has 94 valence electrons. The summed E-state index contributed by atoms with van der Waals surface area (Å²) in [6.07, 6.45) is 6.94. The molecule has 0 aliphatic carbocycles. The van der Waals surface area contributed by atoms with Crippen molar-refractivity contribution in [2.24, 2.45) is 0 Å². The van der Waals surface area contributed by atoms with Crippen molar-refractivity contribution in [2.75, 3.05) is 0 Å². The summed E-state index contributed by atoms with van der Waals surface area (Å²) in [5.74, 6) is 0. The summed E-state index contributed by atoms with van der Waals surface area (Å²) >= 11 is 0. The maximum Gasteiger partial charge on any atom is 0.230 e. The highest BCUT2D eigenvalue weighted by molar-refractivity contribution is 8.27. The summed E-state index contributed by atoms with van der Waals surface area (Å²) in [6.45, 7) is 2.14. The highest BCUT2D eigenvalue weighted by Crippen LogP contribution is 2.30. The first-order valence-electron chi connectivity index (χ1n) is 5.71. The topological polar surface area (TPSA) is 68.3 Å². The van der Waals surface area contributed by atoms with E-state index in [9.17, 15) is 16.8 Å². The predicted octanol–water partition coefficient (Wildman–Crippen LogP) is 1.54. The van der Waals surface area contributed by atoms with E-state index in [-0.39, 0.29) is 4.20 Å². The molecule has 6 heteroatoms. The smallest absolute Gasteiger partial charge is 0.222 e. The molecule has 16 heavy (non-hydrogen) atoms. The van der Waals surface area contributed by atoms with Gasteiger partial charge in [0.05, 0.1) is 0 Å². The molecule has 0 spiro atoms. The van der Waals surface area contributed by atoms with Crippen molar-refractivity contribution in [3.8, 4) is 0 Å². The first kappa shape index (κ1) is 13.7. The summed E-state index contributed by atoms with van der Waals surface area (Å²) < 4.78 is 43.2. The Labute approximate surface area is 98.5 Å². The Morgan fingerprint density at radius 2 is 1.62 bits per heavy atom. The van der Waals surface area contributed by atoms with Crippen LogP contribution in [0.15, 0.2) is 0 Å². The van der Waals surface area contributed by atoms with Crippen LogP contribution in [0.1, 0.15) is 51.9 Å². The maximum atomic E-state index is 11.2. The van der Waals surface area contributed by atoms with Crippen molar-refractivity contribution >= 4 is 24.3 Å². The van der Waals surface area contributed by atoms with E-state index in [4.69, 9.17) is 0 Å². The standard InChI is InChI=1S/C10H18O4S2/c1-2-3-4-5-6-7-8-9-10(15(11)12)16(9,13)14/h9H,2-8H2,1H3. The monoisotopic (exact) mass is 266 g/mol. The lowest BCUT2D eigenvalue weighted by Crippen LogP contribution is -1.90. The van der Waals surface area contributed by atoms with Crippen LogP contribution in [0.25, 0.3) is 0 Å². The third kappa shape index (κ3) is 3.31. The van der Waals surface area contributed by atoms with Crippen LogP contribution in [0.3, 0.4) is 0 Å². The molecule has 0 saturated carbocycles. The lowest BCUT2D eigenvalue weighted by atomic mass is 10.1. The van der Waals surface area contributed by atoms with Gasteiger partial charge in [0, 0.05) is 0 Å². The molecule has 0 aromatic rings. The van der Waals surface area contributed by atoms with Gasteiger partial charge in [0.2, 0.25) is 10.3 Å². The van der Waals surface area contributed by atoms with E-state index in [1.165, 1.54) is 19.3 Å². The van der Waals surface area contributed by atoms with Crippen LogP contribution in [-0.2, 0) is 20.1 Å². The number of rotatable bonds is 7. The zero-order valence-electron chi connectivity index (χ0n) is 9.48. The van der Waals surface area contributed by atoms with Gasteiger partial charge in [-0.05, 0) is 6.42 Å². The molecule has 1 aliphatic heterocycles. The van der Waals surface area contributed by atoms with Crippen molar-refractivity contribution in [1.82, 2.24) is 0 Å². The third-order valence-corrected chi connectivity index (χ3v) is 6.52. The maximum absolute atomic E-state index is 11.2. The van der Waals surface area contributed by atoms with E-state index in [0.717, 1.165) is 19.3 Å². The molecule has 0 aromatic heterocycles. The molecule has 0 bridgehead atoms. The van der Waals surface area contributed by atoms with Crippen LogP contribution in [0.5, 0.6) is 0 Å². The predicted molar refractivity (Wildman–Crippen MR) is 64.6 cm³/mol. The Morgan fingerprint density at radius 1 is 1.06 bits per heavy atom. The molecule has 1 rings (SSSR count). The molecule has 0 N–H and O–H groups in total. The molecule has 0 amide bonds. The molecular weight excluding hydrogens is 248 g/mol. The normalized spacial score (nSPS) is 22.1. The number of sulfone groups is 1. The van der Waals surface area contributed by atoms with Gasteiger partial charge in [-0.1, -0.05) is 45.4 Å². The minimum absolute atomic E-state index is 0.277. The average Bonchev–Trinajstić information content (AvgIpc) is 2.74. The van der Waals surface area contributed by atoms with Gasteiger partial charge in [0.25, 0.3) is 0 Å². The Hall–Kier alpha value is -0.360. The van der Waals surface area contributed by atoms with Crippen molar-refractivity contribution in [3.63, 3.8) is 0 Å². The first-order chi connectivity index (χ1) is 7.51. The Balaban J connectivity index is 2.25. The minimum Gasteiger partial charge on any atom is -0.222 e. The number of unbranched alkanes of at least 4 members (excludes halogenated alkanes) is 5. The zero-order valence-corrected chi connectivity index (χ0v) is 11.1. The minimum atomic E-state index is -3.39. The van der Waals surface area contributed by atoms with Crippen molar-refractivity contribution in [3.05, 3.63) is 0 Å². The Kier molecular flexibility index (Phi) is 4.98. The lowest BCUT2D eigenvalue weighted by molar-refractivity contribution is 0.588. The summed E-state index contributed by atoms with van der Waals surface area (Å²) in [4.78, 5) is 0. The number of hydrogen-bond acceptors (Lipinski definition) is 4. The molecule has 4 nitrogen and oxygen atoms in total. The summed E-state index contributed by atoms with van der Waals surface area (Å²) in [5, 5.41) is -0.697. The second-order valence-electron chi connectivity index (χ2n) is 4.14. The van der Waals surface area contributed by atoms with Crippen molar-refractivity contribution in [1.29, 1.82) is 0 Å². The van der Waals surface area contributed by atoms with Gasteiger partial charge in [-0.15, -0.1) is 0 Å². The van der Waals surface area contributed by atoms with E-state index in [0.29, 0.717) is 6.42 Å². The number of hydrogen-bond donors (Lipinski definition) is 0. The third-order valence-electron chi connectivity index (χ3n) is 2.84. The van der Waals surface area contributed by atoms with E-state index in [1.807, 2.05) is 0 Å². The zero-order chi connectivity index (χ0) is 12.2. The van der Waals surface area contributed by atoms with Crippen LogP contribution >= 0.6 is 0 Å². The second kappa shape index (κ2) is 5.82. The van der Waals surface area contributed by atoms with E-state index >= 15 is 0 Å². The summed E-state index contributed by atoms with van der Waals surface area (Å²) in [6, 6.07) is 0. The van der Waals surface area contributed by atoms with Gasteiger partial charge in [0.15, 0.2) is 14.0 Å². The van der Waals surface area contributed by atoms with Crippen LogP contribution < -0.4 is 0 Å². The highest BCUT2D eigenvalue weighted by atomic mass is 32.2. The Morgan fingerprint density at radius 3 is 2.12 bits per heavy atom. The van der Waals surface area contributed by atoms with Gasteiger partial charge >= 0.3 is 0 Å². The highest BCUT2D eigenvalue weighted by Gasteiger charge is 2.54. The quantitative estimate of drug-likeness (QED) is 0.398. The lowest BCUT2D eigenvalue weighted by Gasteiger charge is -1.97. The largest absolute Gasteiger partial charge is 0.230 e. The van der Waals surface area contributed by atoms with E-state index in [1.54, 1.807) is 0 Å². The second-order valence-corrected chi connectivity index (χ2v) is 7.41. The fraction of sp³-hybridized carbons (Fsp3) is 0.900. The molecule has 0 aromatic carbocycles. The first-order valence-corrected chi connectivity index (χ1v) is 8.34. The molecule has 1 aliphatic rings. The average molecular weight is 266 g/mol. The SMILES string of the molecule is CCCCCCCCC1C(=S(=O)=O)S1(=O)=O. The summed E-state index contributed by atoms with van der Waals surface area (Å²) in [5.41, 5.74) is 0. The molecule has 1 heterocycles. The van der Waals surface area contributed by atoms with Gasteiger partial charge < -0.3 is 0 Å². The van der Waals surface area contributed by atoms with Gasteiger partial charge in [-0.3, -0.25) is 0 Å². The van der Waals surface area contributed by atoms with Gasteiger partial charge in [-0.2, -0.15) is 8.42 Å². The molecule has 1 saturated heterocycles. The van der Waals surface area contributed by atoms with Crippen molar-refractivity contribution < 1.29 is 16.8 Å². The molecule has 1 atom stereocenters. The molecular formula is C10H18O4S2. The fourth-order valence-electron chi connectivity index (χ4n) is 1.84. The summed E-state index contributed by atoms with van der Waals surface area (Å²) in [7, 11) is -5.93. The molecule has 1 fully saturated rings. The molecule has 1 unspecified atom stereocenters. The Bertz CT molecular complexity index is 451. The van der Waals surface area contributed by atoms with Crippen LogP contribution in [0.2, 0.25) is 0 Å². The van der Waals surface area contributed by atoms with Crippen LogP contribution in [-0.4, -0.2) is 26.3 Å². The van der Waals surface area contributed by atoms with Crippen LogP contribution in [0.4, 0.5) is 0 Å². The molecule has 0 radical (unpaired) electrons. The fourth-order valence-corrected chi connectivity index (χ4v) is 5.09. The van der Waals surface area contributed by atoms with Crippen LogP contribution in [0, 0.1) is 0 Å². The van der Waals surface area contributed by atoms with E-state index < -0.39 is 25.4 Å². The van der Waals surface area contributed by atoms with Gasteiger partial charge in [-0.25, -0.2) is 8.42 Å². The van der Waals surface area contributed by atoms with E-state index in [2.05, 4.69) is 6.92 Å². The van der Waals surface area contributed by atoms with Crippen molar-refractivity contribution in [2.45, 2.75) is 57.1 Å².